The van der Waals surface area contributed by atoms with Crippen molar-refractivity contribution in [2.24, 2.45) is 0 Å². The maximum absolute atomic E-state index is 6.26. The predicted octanol–water partition coefficient (Wildman–Crippen LogP) is 8.63. The van der Waals surface area contributed by atoms with Crippen LogP contribution in [0.2, 0.25) is 0 Å². The highest BCUT2D eigenvalue weighted by Gasteiger charge is 2.14. The van der Waals surface area contributed by atoms with E-state index in [4.69, 9.17) is 4.42 Å². The van der Waals surface area contributed by atoms with Crippen LogP contribution in [0.4, 0.5) is 0 Å². The third-order valence-corrected chi connectivity index (χ3v) is 7.18. The first-order valence-corrected chi connectivity index (χ1v) is 10.6. The van der Waals surface area contributed by atoms with E-state index in [1.165, 1.54) is 36.3 Å². The Morgan fingerprint density at radius 2 is 1.19 bits per heavy atom. The first-order valence-electron chi connectivity index (χ1n) is 8.24. The molecule has 124 valence electrons. The number of furan rings is 1. The second-order valence-corrected chi connectivity index (χ2v) is 9.35. The monoisotopic (exact) mass is 480 g/mol. The normalized spacial score (nSPS) is 12.2. The van der Waals surface area contributed by atoms with Crippen LogP contribution in [0.15, 0.2) is 74.0 Å². The van der Waals surface area contributed by atoms with Crippen LogP contribution in [0.5, 0.6) is 0 Å². The zero-order chi connectivity index (χ0) is 17.4. The Morgan fingerprint density at radius 1 is 0.615 bits per heavy atom. The summed E-state index contributed by atoms with van der Waals surface area (Å²) in [6.07, 6.45) is 0. The molecule has 0 bridgehead atoms. The lowest BCUT2D eigenvalue weighted by Gasteiger charge is -2.01. The average Bonchev–Trinajstić information content (AvgIpc) is 3.18. The van der Waals surface area contributed by atoms with E-state index in [0.717, 1.165) is 25.5 Å². The molecule has 0 radical (unpaired) electrons. The highest BCUT2D eigenvalue weighted by molar-refractivity contribution is 9.10. The summed E-state index contributed by atoms with van der Waals surface area (Å²) in [7, 11) is 0. The van der Waals surface area contributed by atoms with Gasteiger partial charge in [0.2, 0.25) is 0 Å². The number of fused-ring (bicyclic) bond motifs is 9. The second kappa shape index (κ2) is 5.32. The molecule has 0 aliphatic rings. The molecule has 0 spiro atoms. The van der Waals surface area contributed by atoms with Gasteiger partial charge in [-0.05, 0) is 42.5 Å². The van der Waals surface area contributed by atoms with Crippen molar-refractivity contribution in [3.05, 3.63) is 69.6 Å². The van der Waals surface area contributed by atoms with E-state index in [0.29, 0.717) is 0 Å². The summed E-state index contributed by atoms with van der Waals surface area (Å²) in [5, 5.41) is 7.37. The summed E-state index contributed by atoms with van der Waals surface area (Å²) in [4.78, 5) is 0. The molecule has 0 atom stereocenters. The second-order valence-electron chi connectivity index (χ2n) is 6.46. The minimum atomic E-state index is 0.919. The van der Waals surface area contributed by atoms with Crippen LogP contribution < -0.4 is 0 Å². The summed E-state index contributed by atoms with van der Waals surface area (Å²) in [5.74, 6) is 0. The molecular weight excluding hydrogens is 472 g/mol. The zero-order valence-corrected chi connectivity index (χ0v) is 17.3. The Kier molecular flexibility index (Phi) is 3.11. The van der Waals surface area contributed by atoms with Crippen LogP contribution in [0, 0.1) is 0 Å². The van der Waals surface area contributed by atoms with Gasteiger partial charge in [0.05, 0.1) is 0 Å². The fourth-order valence-electron chi connectivity index (χ4n) is 3.82. The maximum atomic E-state index is 6.26. The van der Waals surface area contributed by atoms with E-state index in [9.17, 15) is 0 Å². The third-order valence-electron chi connectivity index (χ3n) is 4.99. The van der Waals surface area contributed by atoms with Crippen molar-refractivity contribution in [1.29, 1.82) is 0 Å². The smallest absolute Gasteiger partial charge is 0.143 e. The highest BCUT2D eigenvalue weighted by atomic mass is 79.9. The number of halogens is 2. The van der Waals surface area contributed by atoms with Crippen molar-refractivity contribution in [2.75, 3.05) is 0 Å². The van der Waals surface area contributed by atoms with Crippen LogP contribution in [0.25, 0.3) is 52.9 Å². The molecule has 0 fully saturated rings. The molecule has 0 unspecified atom stereocenters. The molecule has 4 heteroatoms. The molecule has 6 aromatic rings. The Labute approximate surface area is 169 Å². The van der Waals surface area contributed by atoms with Crippen LogP contribution in [0.1, 0.15) is 0 Å². The molecule has 1 nitrogen and oxygen atoms in total. The van der Waals surface area contributed by atoms with E-state index >= 15 is 0 Å². The first-order chi connectivity index (χ1) is 12.7. The standard InChI is InChI=1S/C22H10Br2OS/c23-11-1-3-13-15-5-8-18-16(21(15)25-19(13)9-11)6-7-17-14-4-2-12(24)10-20(14)26-22(17)18/h1-10H. The van der Waals surface area contributed by atoms with Gasteiger partial charge in [-0.3, -0.25) is 0 Å². The topological polar surface area (TPSA) is 13.1 Å². The fourth-order valence-corrected chi connectivity index (χ4v) is 5.94. The molecule has 0 saturated carbocycles. The van der Waals surface area contributed by atoms with Gasteiger partial charge >= 0.3 is 0 Å². The van der Waals surface area contributed by atoms with Crippen molar-refractivity contribution >= 4 is 96.1 Å². The molecule has 26 heavy (non-hydrogen) atoms. The van der Waals surface area contributed by atoms with E-state index < -0.39 is 0 Å². The Hall–Kier alpha value is -1.88. The molecule has 0 N–H and O–H groups in total. The van der Waals surface area contributed by atoms with Gasteiger partial charge in [0.15, 0.2) is 0 Å². The van der Waals surface area contributed by atoms with Crippen LogP contribution in [-0.2, 0) is 0 Å². The lowest BCUT2D eigenvalue weighted by atomic mass is 10.0. The van der Waals surface area contributed by atoms with Gasteiger partial charge in [-0.2, -0.15) is 0 Å². The molecule has 4 aromatic carbocycles. The molecule has 0 amide bonds. The van der Waals surface area contributed by atoms with Crippen LogP contribution in [-0.4, -0.2) is 0 Å². The summed E-state index contributed by atoms with van der Waals surface area (Å²) < 4.78 is 11.0. The minimum Gasteiger partial charge on any atom is -0.455 e. The summed E-state index contributed by atoms with van der Waals surface area (Å²) in [6.45, 7) is 0. The summed E-state index contributed by atoms with van der Waals surface area (Å²) in [5.41, 5.74) is 1.89. The van der Waals surface area contributed by atoms with Gasteiger partial charge < -0.3 is 4.42 Å². The zero-order valence-electron chi connectivity index (χ0n) is 13.3. The van der Waals surface area contributed by atoms with Gasteiger partial charge in [0.1, 0.15) is 11.2 Å². The molecule has 2 aromatic heterocycles. The third kappa shape index (κ3) is 2.01. The molecule has 6 rings (SSSR count). The van der Waals surface area contributed by atoms with Crippen molar-refractivity contribution in [2.45, 2.75) is 0 Å². The van der Waals surface area contributed by atoms with Crippen molar-refractivity contribution in [1.82, 2.24) is 0 Å². The molecule has 2 heterocycles. The number of hydrogen-bond acceptors (Lipinski definition) is 2. The number of benzene rings is 4. The van der Waals surface area contributed by atoms with Gasteiger partial charge in [-0.25, -0.2) is 0 Å². The number of thiophene rings is 1. The van der Waals surface area contributed by atoms with Crippen LogP contribution in [0.3, 0.4) is 0 Å². The fraction of sp³-hybridized carbons (Fsp3) is 0. The van der Waals surface area contributed by atoms with E-state index in [1.54, 1.807) is 0 Å². The van der Waals surface area contributed by atoms with Crippen LogP contribution >= 0.6 is 43.2 Å². The Balaban J connectivity index is 1.81. The largest absolute Gasteiger partial charge is 0.455 e. The van der Waals surface area contributed by atoms with Gasteiger partial charge in [-0.15, -0.1) is 11.3 Å². The summed E-state index contributed by atoms with van der Waals surface area (Å²) in [6, 6.07) is 21.6. The van der Waals surface area contributed by atoms with Gasteiger partial charge in [0.25, 0.3) is 0 Å². The number of hydrogen-bond donors (Lipinski definition) is 0. The van der Waals surface area contributed by atoms with Gasteiger partial charge in [-0.1, -0.05) is 50.1 Å². The van der Waals surface area contributed by atoms with E-state index in [1.807, 2.05) is 17.4 Å². The van der Waals surface area contributed by atoms with Crippen molar-refractivity contribution < 1.29 is 4.42 Å². The van der Waals surface area contributed by atoms with Crippen molar-refractivity contribution in [3.8, 4) is 0 Å². The SMILES string of the molecule is Brc1ccc2c(c1)oc1c2ccc2c1ccc1c3ccc(Br)cc3sc12. The average molecular weight is 482 g/mol. The highest BCUT2D eigenvalue weighted by Crippen LogP contribution is 2.42. The first kappa shape index (κ1) is 15.2. The Bertz CT molecular complexity index is 1390. The minimum absolute atomic E-state index is 0.919. The lowest BCUT2D eigenvalue weighted by Crippen LogP contribution is -1.75. The number of rotatable bonds is 0. The van der Waals surface area contributed by atoms with Crippen molar-refractivity contribution in [3.63, 3.8) is 0 Å². The molecule has 0 saturated heterocycles. The van der Waals surface area contributed by atoms with E-state index in [-0.39, 0.29) is 0 Å². The molecule has 0 aliphatic carbocycles. The van der Waals surface area contributed by atoms with E-state index in [2.05, 4.69) is 86.5 Å². The molecule has 0 aliphatic heterocycles. The predicted molar refractivity (Wildman–Crippen MR) is 120 cm³/mol. The summed E-state index contributed by atoms with van der Waals surface area (Å²) >= 11 is 8.96. The lowest BCUT2D eigenvalue weighted by molar-refractivity contribution is 0.672. The Morgan fingerprint density at radius 3 is 2.00 bits per heavy atom. The quantitative estimate of drug-likeness (QED) is 0.211. The maximum Gasteiger partial charge on any atom is 0.143 e. The molecular formula is C22H10Br2OS. The van der Waals surface area contributed by atoms with Gasteiger partial charge in [0, 0.05) is 50.7 Å².